The van der Waals surface area contributed by atoms with Crippen LogP contribution in [0.4, 0.5) is 0 Å². The number of hydrogen-bond acceptors (Lipinski definition) is 5. The highest BCUT2D eigenvalue weighted by atomic mass is 16.7. The average Bonchev–Trinajstić information content (AvgIpc) is 3.48. The molecule has 6 rings (SSSR count). The predicted molar refractivity (Wildman–Crippen MR) is 114 cm³/mol. The number of nitrogens with zero attached hydrogens (tertiary/aromatic N) is 2. The van der Waals surface area contributed by atoms with Crippen molar-refractivity contribution >= 4 is 0 Å². The Morgan fingerprint density at radius 3 is 2.73 bits per heavy atom. The average molecular weight is 402 g/mol. The van der Waals surface area contributed by atoms with Gasteiger partial charge in [-0.3, -0.25) is 4.90 Å². The Hall–Kier alpha value is -2.79. The minimum atomic E-state index is 0.273. The van der Waals surface area contributed by atoms with Crippen molar-refractivity contribution in [1.29, 1.82) is 0 Å². The van der Waals surface area contributed by atoms with E-state index in [9.17, 15) is 0 Å². The highest BCUT2D eigenvalue weighted by Crippen LogP contribution is 2.46. The Morgan fingerprint density at radius 1 is 1.00 bits per heavy atom. The lowest BCUT2D eigenvalue weighted by Crippen LogP contribution is -2.41. The first-order valence-corrected chi connectivity index (χ1v) is 10.9. The number of likely N-dealkylation sites (tertiary alicyclic amines) is 1. The lowest BCUT2D eigenvalue weighted by atomic mass is 9.74. The number of ether oxygens (including phenoxy) is 2. The first kappa shape index (κ1) is 18.0. The molecule has 0 atom stereocenters. The van der Waals surface area contributed by atoms with Crippen LogP contribution >= 0.6 is 0 Å². The van der Waals surface area contributed by atoms with E-state index in [1.54, 1.807) is 11.1 Å². The van der Waals surface area contributed by atoms with Crippen molar-refractivity contribution in [2.45, 2.75) is 44.6 Å². The zero-order valence-electron chi connectivity index (χ0n) is 17.3. The molecule has 1 saturated heterocycles. The maximum Gasteiger partial charge on any atom is 0.231 e. The number of benzene rings is 2. The van der Waals surface area contributed by atoms with Gasteiger partial charge in [-0.25, -0.2) is 4.98 Å². The zero-order valence-corrected chi connectivity index (χ0v) is 17.3. The molecule has 30 heavy (non-hydrogen) atoms. The van der Waals surface area contributed by atoms with Crippen LogP contribution in [-0.4, -0.2) is 29.8 Å². The SMILES string of the molecule is Cc1oc(-c2ccc3c(c2)OCO3)nc1CN1CCC2(CCc3ccccc32)CC1. The second kappa shape index (κ2) is 6.88. The number of aromatic nitrogens is 1. The first-order valence-electron chi connectivity index (χ1n) is 10.9. The van der Waals surface area contributed by atoms with E-state index in [0.717, 1.165) is 48.2 Å². The van der Waals surface area contributed by atoms with Crippen molar-refractivity contribution in [3.05, 3.63) is 65.0 Å². The summed E-state index contributed by atoms with van der Waals surface area (Å²) in [4.78, 5) is 7.35. The van der Waals surface area contributed by atoms with E-state index in [1.165, 1.54) is 25.7 Å². The number of hydrogen-bond donors (Lipinski definition) is 0. The van der Waals surface area contributed by atoms with Gasteiger partial charge in [0.2, 0.25) is 12.7 Å². The van der Waals surface area contributed by atoms with Crippen molar-refractivity contribution in [2.75, 3.05) is 19.9 Å². The minimum absolute atomic E-state index is 0.273. The smallest absolute Gasteiger partial charge is 0.231 e. The van der Waals surface area contributed by atoms with Gasteiger partial charge in [0.1, 0.15) is 5.76 Å². The van der Waals surface area contributed by atoms with E-state index in [2.05, 4.69) is 29.2 Å². The summed E-state index contributed by atoms with van der Waals surface area (Å²) < 4.78 is 16.9. The molecular weight excluding hydrogens is 376 g/mol. The Kier molecular flexibility index (Phi) is 4.13. The highest BCUT2D eigenvalue weighted by Gasteiger charge is 2.40. The summed E-state index contributed by atoms with van der Waals surface area (Å²) in [5.41, 5.74) is 5.52. The van der Waals surface area contributed by atoms with Gasteiger partial charge in [-0.05, 0) is 80.4 Å². The Morgan fingerprint density at radius 2 is 1.83 bits per heavy atom. The third-order valence-corrected chi connectivity index (χ3v) is 7.16. The molecule has 2 aliphatic heterocycles. The van der Waals surface area contributed by atoms with Gasteiger partial charge in [-0.1, -0.05) is 24.3 Å². The fourth-order valence-electron chi connectivity index (χ4n) is 5.36. The molecule has 154 valence electrons. The molecule has 5 nitrogen and oxygen atoms in total. The summed E-state index contributed by atoms with van der Waals surface area (Å²) in [5.74, 6) is 3.08. The normalized spacial score (nSPS) is 19.4. The Balaban J connectivity index is 1.16. The standard InChI is InChI=1S/C25H26N2O3/c1-17-21(26-24(30-17)19-6-7-22-23(14-19)29-16-28-22)15-27-12-10-25(11-13-27)9-8-18-4-2-3-5-20(18)25/h2-7,14H,8-13,15-16H2,1H3. The van der Waals surface area contributed by atoms with Crippen LogP contribution in [0.25, 0.3) is 11.5 Å². The van der Waals surface area contributed by atoms with Crippen LogP contribution in [0.3, 0.4) is 0 Å². The quantitative estimate of drug-likeness (QED) is 0.626. The van der Waals surface area contributed by atoms with Crippen molar-refractivity contribution in [3.8, 4) is 23.0 Å². The summed E-state index contributed by atoms with van der Waals surface area (Å²) in [5, 5.41) is 0. The van der Waals surface area contributed by atoms with E-state index in [-0.39, 0.29) is 6.79 Å². The summed E-state index contributed by atoms with van der Waals surface area (Å²) in [6.07, 6.45) is 5.00. The van der Waals surface area contributed by atoms with Crippen LogP contribution in [0.5, 0.6) is 11.5 Å². The van der Waals surface area contributed by atoms with Crippen LogP contribution in [-0.2, 0) is 18.4 Å². The molecule has 0 bridgehead atoms. The lowest BCUT2D eigenvalue weighted by molar-refractivity contribution is 0.150. The van der Waals surface area contributed by atoms with Gasteiger partial charge in [-0.2, -0.15) is 0 Å². The maximum absolute atomic E-state index is 6.01. The summed E-state index contributed by atoms with van der Waals surface area (Å²) in [7, 11) is 0. The molecule has 0 saturated carbocycles. The van der Waals surface area contributed by atoms with Gasteiger partial charge < -0.3 is 13.9 Å². The second-order valence-electron chi connectivity index (χ2n) is 8.80. The molecule has 1 aliphatic carbocycles. The van der Waals surface area contributed by atoms with Gasteiger partial charge in [-0.15, -0.1) is 0 Å². The van der Waals surface area contributed by atoms with Gasteiger partial charge in [0.15, 0.2) is 11.5 Å². The topological polar surface area (TPSA) is 47.7 Å². The van der Waals surface area contributed by atoms with Crippen LogP contribution in [0.1, 0.15) is 41.8 Å². The molecular formula is C25H26N2O3. The lowest BCUT2D eigenvalue weighted by Gasteiger charge is -2.40. The van der Waals surface area contributed by atoms with E-state index in [1.807, 2.05) is 25.1 Å². The fraction of sp³-hybridized carbons (Fsp3) is 0.400. The molecule has 3 heterocycles. The number of aryl methyl sites for hydroxylation is 2. The highest BCUT2D eigenvalue weighted by molar-refractivity contribution is 5.60. The Bertz CT molecular complexity index is 1100. The van der Waals surface area contributed by atoms with Crippen molar-refractivity contribution in [2.24, 2.45) is 0 Å². The van der Waals surface area contributed by atoms with Crippen molar-refractivity contribution < 1.29 is 13.9 Å². The molecule has 2 aromatic carbocycles. The van der Waals surface area contributed by atoms with Crippen molar-refractivity contribution in [3.63, 3.8) is 0 Å². The van der Waals surface area contributed by atoms with Crippen LogP contribution < -0.4 is 9.47 Å². The van der Waals surface area contributed by atoms with Gasteiger partial charge in [0, 0.05) is 12.1 Å². The maximum atomic E-state index is 6.01. The third-order valence-electron chi connectivity index (χ3n) is 7.16. The third kappa shape index (κ3) is 2.91. The molecule has 0 unspecified atom stereocenters. The van der Waals surface area contributed by atoms with Crippen LogP contribution in [0, 0.1) is 6.92 Å². The van der Waals surface area contributed by atoms with E-state index in [0.29, 0.717) is 11.3 Å². The summed E-state index contributed by atoms with van der Waals surface area (Å²) in [6.45, 7) is 5.35. The van der Waals surface area contributed by atoms with Gasteiger partial charge in [0.25, 0.3) is 0 Å². The predicted octanol–water partition coefficient (Wildman–Crippen LogP) is 4.86. The van der Waals surface area contributed by atoms with Gasteiger partial charge in [0.05, 0.1) is 5.69 Å². The summed E-state index contributed by atoms with van der Waals surface area (Å²) >= 11 is 0. The number of piperidine rings is 1. The second-order valence-corrected chi connectivity index (χ2v) is 8.80. The molecule has 1 fully saturated rings. The number of rotatable bonds is 3. The van der Waals surface area contributed by atoms with Crippen LogP contribution in [0.15, 0.2) is 46.9 Å². The first-order chi connectivity index (χ1) is 14.7. The van der Waals surface area contributed by atoms with Crippen LogP contribution in [0.2, 0.25) is 0 Å². The summed E-state index contributed by atoms with van der Waals surface area (Å²) in [6, 6.07) is 14.9. The molecule has 1 aromatic heterocycles. The largest absolute Gasteiger partial charge is 0.454 e. The molecule has 5 heteroatoms. The molecule has 0 N–H and O–H groups in total. The molecule has 1 spiro atoms. The van der Waals surface area contributed by atoms with Crippen molar-refractivity contribution in [1.82, 2.24) is 9.88 Å². The molecule has 0 amide bonds. The number of fused-ring (bicyclic) bond motifs is 3. The van der Waals surface area contributed by atoms with E-state index >= 15 is 0 Å². The zero-order chi connectivity index (χ0) is 20.1. The van der Waals surface area contributed by atoms with E-state index in [4.69, 9.17) is 18.9 Å². The fourth-order valence-corrected chi connectivity index (χ4v) is 5.36. The van der Waals surface area contributed by atoms with E-state index < -0.39 is 0 Å². The monoisotopic (exact) mass is 402 g/mol. The number of oxazole rings is 1. The molecule has 3 aliphatic rings. The van der Waals surface area contributed by atoms with Gasteiger partial charge >= 0.3 is 0 Å². The minimum Gasteiger partial charge on any atom is -0.454 e. The molecule has 0 radical (unpaired) electrons. The Labute approximate surface area is 176 Å². The molecule has 3 aromatic rings.